The molecule has 1 fully saturated rings. The maximum atomic E-state index is 12.7. The van der Waals surface area contributed by atoms with Crippen LogP contribution in [0.2, 0.25) is 0 Å². The minimum atomic E-state index is 0.186. The van der Waals surface area contributed by atoms with Gasteiger partial charge in [-0.3, -0.25) is 9.69 Å². The van der Waals surface area contributed by atoms with Gasteiger partial charge in [-0.05, 0) is 23.6 Å². The van der Waals surface area contributed by atoms with Crippen molar-refractivity contribution < 1.29 is 9.42 Å². The van der Waals surface area contributed by atoms with Crippen LogP contribution in [0.15, 0.2) is 59.2 Å². The van der Waals surface area contributed by atoms with E-state index in [9.17, 15) is 4.79 Å². The summed E-state index contributed by atoms with van der Waals surface area (Å²) in [5.41, 5.74) is 5.12. The van der Waals surface area contributed by atoms with E-state index in [4.69, 9.17) is 4.63 Å². The second kappa shape index (κ2) is 8.35. The van der Waals surface area contributed by atoms with Gasteiger partial charge >= 0.3 is 0 Å². The van der Waals surface area contributed by atoms with Crippen LogP contribution in [0.4, 0.5) is 0 Å². The number of aromatic nitrogens is 2. The van der Waals surface area contributed by atoms with Crippen LogP contribution < -0.4 is 0 Å². The molecule has 0 bridgehead atoms. The van der Waals surface area contributed by atoms with Gasteiger partial charge in [0.2, 0.25) is 5.91 Å². The second-order valence-electron chi connectivity index (χ2n) is 7.19. The monoisotopic (exact) mass is 376 g/mol. The summed E-state index contributed by atoms with van der Waals surface area (Å²) < 4.78 is 4.76. The fraction of sp³-hybridized carbons (Fsp3) is 0.318. The zero-order valence-corrected chi connectivity index (χ0v) is 16.0. The fourth-order valence-electron chi connectivity index (χ4n) is 3.49. The number of piperazine rings is 1. The van der Waals surface area contributed by atoms with Crippen molar-refractivity contribution in [1.29, 1.82) is 0 Å². The third-order valence-corrected chi connectivity index (χ3v) is 5.26. The molecule has 1 aromatic heterocycles. The van der Waals surface area contributed by atoms with Gasteiger partial charge < -0.3 is 4.90 Å². The van der Waals surface area contributed by atoms with Gasteiger partial charge in [0.1, 0.15) is 11.4 Å². The lowest BCUT2D eigenvalue weighted by Crippen LogP contribution is -2.48. The number of carbonyl (C=O) groups excluding carboxylic acids is 1. The summed E-state index contributed by atoms with van der Waals surface area (Å²) in [6.45, 7) is 5.78. The predicted octanol–water partition coefficient (Wildman–Crippen LogP) is 2.93. The Morgan fingerprint density at radius 1 is 0.929 bits per heavy atom. The van der Waals surface area contributed by atoms with Crippen LogP contribution >= 0.6 is 0 Å². The third kappa shape index (κ3) is 4.28. The molecule has 28 heavy (non-hydrogen) atoms. The minimum absolute atomic E-state index is 0.186. The van der Waals surface area contributed by atoms with Crippen molar-refractivity contribution in [2.24, 2.45) is 0 Å². The van der Waals surface area contributed by atoms with Gasteiger partial charge in [-0.15, -0.1) is 0 Å². The first-order valence-electron chi connectivity index (χ1n) is 9.61. The van der Waals surface area contributed by atoms with Gasteiger partial charge in [-0.25, -0.2) is 4.63 Å². The highest BCUT2D eigenvalue weighted by atomic mass is 16.6. The topological polar surface area (TPSA) is 62.5 Å². The predicted molar refractivity (Wildman–Crippen MR) is 106 cm³/mol. The van der Waals surface area contributed by atoms with Crippen LogP contribution in [0, 0.1) is 6.92 Å². The highest BCUT2D eigenvalue weighted by Gasteiger charge is 2.22. The number of hydrogen-bond acceptors (Lipinski definition) is 5. The Bertz CT molecular complexity index is 913. The molecule has 1 amide bonds. The van der Waals surface area contributed by atoms with E-state index in [1.54, 1.807) is 0 Å². The molecule has 1 aliphatic heterocycles. The normalized spacial score (nSPS) is 15.0. The van der Waals surface area contributed by atoms with E-state index in [2.05, 4.69) is 51.6 Å². The summed E-state index contributed by atoms with van der Waals surface area (Å²) in [6.07, 6.45) is 0.446. The Kier molecular flexibility index (Phi) is 5.48. The highest BCUT2D eigenvalue weighted by Crippen LogP contribution is 2.20. The van der Waals surface area contributed by atoms with Crippen LogP contribution in [-0.4, -0.2) is 52.2 Å². The summed E-state index contributed by atoms with van der Waals surface area (Å²) in [5.74, 6) is 0.186. The van der Waals surface area contributed by atoms with Crippen molar-refractivity contribution in [3.8, 4) is 11.1 Å². The Morgan fingerprint density at radius 2 is 1.61 bits per heavy atom. The molecule has 0 spiro atoms. The van der Waals surface area contributed by atoms with Crippen LogP contribution in [0.3, 0.4) is 0 Å². The van der Waals surface area contributed by atoms with Crippen molar-refractivity contribution in [2.45, 2.75) is 19.9 Å². The summed E-state index contributed by atoms with van der Waals surface area (Å²) >= 11 is 0. The molecule has 0 radical (unpaired) electrons. The maximum Gasteiger partial charge on any atom is 0.227 e. The average molecular weight is 376 g/mol. The molecular formula is C22H24N4O2. The first kappa shape index (κ1) is 18.4. The number of carbonyl (C=O) groups is 1. The number of amides is 1. The summed E-state index contributed by atoms with van der Waals surface area (Å²) in [7, 11) is 0. The second-order valence-corrected chi connectivity index (χ2v) is 7.19. The van der Waals surface area contributed by atoms with E-state index in [1.165, 1.54) is 11.1 Å². The highest BCUT2D eigenvalue weighted by molar-refractivity contribution is 5.79. The molecule has 3 aromatic rings. The van der Waals surface area contributed by atoms with Gasteiger partial charge in [0.25, 0.3) is 0 Å². The van der Waals surface area contributed by atoms with Crippen LogP contribution in [0.1, 0.15) is 17.0 Å². The van der Waals surface area contributed by atoms with E-state index >= 15 is 0 Å². The number of rotatable bonds is 5. The van der Waals surface area contributed by atoms with Crippen molar-refractivity contribution in [3.63, 3.8) is 0 Å². The zero-order valence-electron chi connectivity index (χ0n) is 16.0. The van der Waals surface area contributed by atoms with E-state index in [-0.39, 0.29) is 5.91 Å². The quantitative estimate of drug-likeness (QED) is 0.685. The molecule has 144 valence electrons. The van der Waals surface area contributed by atoms with Crippen LogP contribution in [0.25, 0.3) is 11.1 Å². The average Bonchev–Trinajstić information content (AvgIpc) is 3.14. The van der Waals surface area contributed by atoms with Crippen molar-refractivity contribution in [2.75, 3.05) is 26.2 Å². The number of aryl methyl sites for hydroxylation is 1. The lowest BCUT2D eigenvalue weighted by Gasteiger charge is -2.34. The van der Waals surface area contributed by atoms with Crippen molar-refractivity contribution >= 4 is 5.91 Å². The van der Waals surface area contributed by atoms with Crippen molar-refractivity contribution in [1.82, 2.24) is 20.1 Å². The molecule has 6 nitrogen and oxygen atoms in total. The SMILES string of the molecule is Cc1nonc1CN1CCN(C(=O)Cc2ccc(-c3ccccc3)cc2)CC1. The zero-order chi connectivity index (χ0) is 19.3. The lowest BCUT2D eigenvalue weighted by atomic mass is 10.0. The van der Waals surface area contributed by atoms with Gasteiger partial charge in [0.05, 0.1) is 6.42 Å². The maximum absolute atomic E-state index is 12.7. The number of nitrogens with zero attached hydrogens (tertiary/aromatic N) is 4. The molecular weight excluding hydrogens is 352 g/mol. The van der Waals surface area contributed by atoms with E-state index in [0.717, 1.165) is 49.7 Å². The first-order valence-corrected chi connectivity index (χ1v) is 9.61. The molecule has 2 heterocycles. The molecule has 1 aliphatic rings. The largest absolute Gasteiger partial charge is 0.340 e. The molecule has 4 rings (SSSR count). The standard InChI is InChI=1S/C22H24N4O2/c1-17-21(24-28-23-17)16-25-11-13-26(14-12-25)22(27)15-18-7-9-20(10-8-18)19-5-3-2-4-6-19/h2-10H,11-16H2,1H3. The smallest absolute Gasteiger partial charge is 0.227 e. The first-order chi connectivity index (χ1) is 13.7. The molecule has 0 saturated carbocycles. The number of benzene rings is 2. The molecule has 0 atom stereocenters. The lowest BCUT2D eigenvalue weighted by molar-refractivity contribution is -0.132. The fourth-order valence-corrected chi connectivity index (χ4v) is 3.49. The molecule has 6 heteroatoms. The molecule has 2 aromatic carbocycles. The van der Waals surface area contributed by atoms with E-state index in [0.29, 0.717) is 6.42 Å². The molecule has 0 aliphatic carbocycles. The summed E-state index contributed by atoms with van der Waals surface area (Å²) in [5, 5.41) is 7.76. The van der Waals surface area contributed by atoms with Gasteiger partial charge in [-0.2, -0.15) is 0 Å². The van der Waals surface area contributed by atoms with Crippen molar-refractivity contribution in [3.05, 3.63) is 71.5 Å². The Labute approximate surface area is 164 Å². The van der Waals surface area contributed by atoms with Gasteiger partial charge in [-0.1, -0.05) is 64.9 Å². The molecule has 0 N–H and O–H groups in total. The third-order valence-electron chi connectivity index (χ3n) is 5.26. The summed E-state index contributed by atoms with van der Waals surface area (Å²) in [6, 6.07) is 18.5. The van der Waals surface area contributed by atoms with Gasteiger partial charge in [0.15, 0.2) is 0 Å². The summed E-state index contributed by atoms with van der Waals surface area (Å²) in [4.78, 5) is 16.9. The Balaban J connectivity index is 1.29. The number of hydrogen-bond donors (Lipinski definition) is 0. The minimum Gasteiger partial charge on any atom is -0.340 e. The van der Waals surface area contributed by atoms with Gasteiger partial charge in [0, 0.05) is 32.7 Å². The molecule has 1 saturated heterocycles. The Hall–Kier alpha value is -2.99. The van der Waals surface area contributed by atoms with E-state index in [1.807, 2.05) is 30.0 Å². The van der Waals surface area contributed by atoms with E-state index < -0.39 is 0 Å². The molecule has 0 unspecified atom stereocenters. The van der Waals surface area contributed by atoms with Crippen LogP contribution in [-0.2, 0) is 17.8 Å². The van der Waals surface area contributed by atoms with Crippen LogP contribution in [0.5, 0.6) is 0 Å². The Morgan fingerprint density at radius 3 is 2.25 bits per heavy atom.